The summed E-state index contributed by atoms with van der Waals surface area (Å²) in [7, 11) is 1.82. The average Bonchev–Trinajstić information content (AvgIpc) is 2.10. The summed E-state index contributed by atoms with van der Waals surface area (Å²) in [5.41, 5.74) is 0. The van der Waals surface area contributed by atoms with Crippen LogP contribution >= 0.6 is 0 Å². The molecule has 65 valence electrons. The number of nitrogens with zero attached hydrogens (tertiary/aromatic N) is 1. The molecule has 0 aromatic carbocycles. The molecule has 1 nitrogen and oxygen atoms in total. The Labute approximate surface area is 97.5 Å². The molecule has 0 rings (SSSR count). The van der Waals surface area contributed by atoms with Crippen molar-refractivity contribution in [2.24, 2.45) is 0 Å². The van der Waals surface area contributed by atoms with Crippen molar-refractivity contribution in [3.05, 3.63) is 12.8 Å². The van der Waals surface area contributed by atoms with Crippen LogP contribution in [0.1, 0.15) is 34.6 Å². The summed E-state index contributed by atoms with van der Waals surface area (Å²) >= 11 is 0. The van der Waals surface area contributed by atoms with Crippen LogP contribution in [0.25, 0.3) is 0 Å². The minimum atomic E-state index is 0. The van der Waals surface area contributed by atoms with Crippen molar-refractivity contribution in [1.29, 1.82) is 0 Å². The second-order valence-corrected chi connectivity index (χ2v) is 0.984. The molecule has 0 saturated carbocycles. The smallest absolute Gasteiger partial charge is 0.102 e. The quantitative estimate of drug-likeness (QED) is 0.370. The number of rotatable bonds is 1. The van der Waals surface area contributed by atoms with E-state index < -0.39 is 0 Å². The van der Waals surface area contributed by atoms with E-state index in [4.69, 9.17) is 6.58 Å². The molecule has 0 aliphatic heterocycles. The van der Waals surface area contributed by atoms with E-state index in [9.17, 15) is 0 Å². The van der Waals surface area contributed by atoms with Crippen molar-refractivity contribution in [1.82, 2.24) is 0 Å². The first kappa shape index (κ1) is 22.5. The molecule has 0 atom stereocenters. The van der Waals surface area contributed by atoms with Crippen LogP contribution in [-0.4, -0.2) is 17.8 Å². The molecule has 0 aliphatic rings. The molecule has 0 fully saturated rings. The molecular weight excluding hydrogens is 211 g/mol. The summed E-state index contributed by atoms with van der Waals surface area (Å²) in [6, 6.07) is 0. The minimum Gasteiger partial charge on any atom is -0.554 e. The molecule has 0 N–H and O–H groups in total. The van der Waals surface area contributed by atoms with Gasteiger partial charge in [0.05, 0.1) is 0 Å². The van der Waals surface area contributed by atoms with Crippen molar-refractivity contribution in [3.63, 3.8) is 0 Å². The van der Waals surface area contributed by atoms with E-state index in [-0.39, 0.29) is 32.7 Å². The predicted octanol–water partition coefficient (Wildman–Crippen LogP) is 2.59. The molecule has 0 aromatic heterocycles. The van der Waals surface area contributed by atoms with E-state index in [1.165, 1.54) is 6.20 Å². The Morgan fingerprint density at radius 1 is 1.18 bits per heavy atom. The summed E-state index contributed by atoms with van der Waals surface area (Å²) in [4.78, 5) is 0. The van der Waals surface area contributed by atoms with Crippen LogP contribution in [0, 0.1) is 6.58 Å². The molecule has 2 heteroatoms. The van der Waals surface area contributed by atoms with Gasteiger partial charge in [0.15, 0.2) is 0 Å². The average molecular weight is 231 g/mol. The number of hydrogen-bond acceptors (Lipinski definition) is 0. The Morgan fingerprint density at radius 3 is 1.45 bits per heavy atom. The van der Waals surface area contributed by atoms with E-state index in [0.29, 0.717) is 0 Å². The van der Waals surface area contributed by atoms with Gasteiger partial charge in [0.2, 0.25) is 0 Å². The standard InChI is InChI=1S/C5H8N.2C2H6.Y/c1-4-6(3)5-2;2*1-2;/h1,4H,2-3H3;2*1-2H3;/q-1;;;. The largest absolute Gasteiger partial charge is 0.554 e. The van der Waals surface area contributed by atoms with Crippen LogP contribution in [0.5, 0.6) is 0 Å². The van der Waals surface area contributed by atoms with Crippen molar-refractivity contribution < 1.29 is 37.3 Å². The molecule has 0 heterocycles. The van der Waals surface area contributed by atoms with Gasteiger partial charge < -0.3 is 11.2 Å². The first-order chi connectivity index (χ1) is 4.81. The van der Waals surface area contributed by atoms with Crippen LogP contribution in [0.3, 0.4) is 0 Å². The molecule has 11 heavy (non-hydrogen) atoms. The van der Waals surface area contributed by atoms with Gasteiger partial charge in [-0.05, 0) is 0 Å². The van der Waals surface area contributed by atoms with Crippen LogP contribution in [-0.2, 0) is 32.7 Å². The van der Waals surface area contributed by atoms with E-state index in [0.717, 1.165) is 0 Å². The van der Waals surface area contributed by atoms with Gasteiger partial charge in [0.1, 0.15) is 7.05 Å². The summed E-state index contributed by atoms with van der Waals surface area (Å²) < 4.78 is 1.65. The van der Waals surface area contributed by atoms with Gasteiger partial charge in [0.25, 0.3) is 0 Å². The molecule has 0 bridgehead atoms. The van der Waals surface area contributed by atoms with Crippen molar-refractivity contribution in [2.75, 3.05) is 7.05 Å². The Hall–Kier alpha value is 0.514. The van der Waals surface area contributed by atoms with Crippen molar-refractivity contribution in [2.45, 2.75) is 34.6 Å². The van der Waals surface area contributed by atoms with E-state index in [2.05, 4.69) is 6.21 Å². The van der Waals surface area contributed by atoms with Crippen molar-refractivity contribution in [3.8, 4) is 0 Å². The first-order valence-corrected chi connectivity index (χ1v) is 3.76. The third-order valence-electron chi connectivity index (χ3n) is 0.576. The molecule has 0 aliphatic carbocycles. The summed E-state index contributed by atoms with van der Waals surface area (Å²) in [6.07, 6.45) is 4.21. The van der Waals surface area contributed by atoms with Crippen molar-refractivity contribution >= 4 is 6.21 Å². The maximum Gasteiger partial charge on any atom is 0.102 e. The maximum atomic E-state index is 5.02. The Balaban J connectivity index is -0.0000000428. The van der Waals surface area contributed by atoms with E-state index in [1.807, 2.05) is 34.7 Å². The van der Waals surface area contributed by atoms with Crippen LogP contribution in [0.4, 0.5) is 0 Å². The molecule has 0 unspecified atom stereocenters. The Bertz CT molecular complexity index is 77.6. The van der Waals surface area contributed by atoms with Gasteiger partial charge in [-0.3, -0.25) is 0 Å². The maximum absolute atomic E-state index is 5.02. The molecule has 0 aromatic rings. The normalized spacial score (nSPS) is 7.27. The topological polar surface area (TPSA) is 3.01 Å². The molecule has 0 saturated heterocycles. The summed E-state index contributed by atoms with van der Waals surface area (Å²) in [6.45, 7) is 14.8. The summed E-state index contributed by atoms with van der Waals surface area (Å²) in [5.74, 6) is 0. The molecule has 0 amide bonds. The summed E-state index contributed by atoms with van der Waals surface area (Å²) in [5, 5.41) is 0. The van der Waals surface area contributed by atoms with Crippen LogP contribution < -0.4 is 0 Å². The van der Waals surface area contributed by atoms with Gasteiger partial charge in [-0.1, -0.05) is 34.6 Å². The van der Waals surface area contributed by atoms with Gasteiger partial charge in [-0.2, -0.15) is 6.20 Å². The molecule has 0 spiro atoms. The van der Waals surface area contributed by atoms with Gasteiger partial charge in [0, 0.05) is 38.9 Å². The monoisotopic (exact) mass is 231 g/mol. The van der Waals surface area contributed by atoms with Gasteiger partial charge in [-0.25, -0.2) is 0 Å². The second-order valence-electron chi connectivity index (χ2n) is 0.984. The first-order valence-electron chi connectivity index (χ1n) is 3.76. The zero-order valence-corrected chi connectivity index (χ0v) is 11.5. The molecular formula is C9H20NY-. The SMILES string of the molecule is CC.CC.[CH-]=C[N+](C)=[C-]C.[Y]. The second kappa shape index (κ2) is 31.3. The third kappa shape index (κ3) is 37.4. The predicted molar refractivity (Wildman–Crippen MR) is 48.4 cm³/mol. The zero-order chi connectivity index (χ0) is 8.99. The third-order valence-corrected chi connectivity index (χ3v) is 0.576. The van der Waals surface area contributed by atoms with E-state index >= 15 is 0 Å². The van der Waals surface area contributed by atoms with Crippen LogP contribution in [0.15, 0.2) is 6.20 Å². The Morgan fingerprint density at radius 2 is 1.45 bits per heavy atom. The fraction of sp³-hybridized carbons (Fsp3) is 0.667. The zero-order valence-electron chi connectivity index (χ0n) is 8.68. The Kier molecular flexibility index (Phi) is 64.1. The molecule has 1 radical (unpaired) electrons. The van der Waals surface area contributed by atoms with E-state index in [1.54, 1.807) is 11.5 Å². The fourth-order valence-electron chi connectivity index (χ4n) is 0.0745. The minimum absolute atomic E-state index is 0. The van der Waals surface area contributed by atoms with Crippen LogP contribution in [0.2, 0.25) is 0 Å². The van der Waals surface area contributed by atoms with Gasteiger partial charge in [-0.15, -0.1) is 0 Å². The fourth-order valence-corrected chi connectivity index (χ4v) is 0.0745. The van der Waals surface area contributed by atoms with Gasteiger partial charge >= 0.3 is 0 Å². The number of hydrogen-bond donors (Lipinski definition) is 0.